The minimum absolute atomic E-state index is 0.0868. The van der Waals surface area contributed by atoms with Gasteiger partial charge in [-0.05, 0) is 62.6 Å². The van der Waals surface area contributed by atoms with Crippen molar-refractivity contribution in [2.24, 2.45) is 21.5 Å². The number of allylic oxidation sites excluding steroid dienone is 12. The van der Waals surface area contributed by atoms with Gasteiger partial charge in [0.25, 0.3) is 0 Å². The highest BCUT2D eigenvalue weighted by Crippen LogP contribution is 2.10. The predicted octanol–water partition coefficient (Wildman–Crippen LogP) is 5.91. The second-order valence-corrected chi connectivity index (χ2v) is 10.0. The van der Waals surface area contributed by atoms with Gasteiger partial charge < -0.3 is 27.0 Å². The number of rotatable bonds is 19. The molecule has 6 N–H and O–H groups in total. The van der Waals surface area contributed by atoms with Crippen LogP contribution in [0.3, 0.4) is 0 Å². The highest BCUT2D eigenvalue weighted by molar-refractivity contribution is 5.94. The number of amides is 2. The fourth-order valence-electron chi connectivity index (χ4n) is 3.44. The highest BCUT2D eigenvalue weighted by Gasteiger charge is 2.06. The van der Waals surface area contributed by atoms with Crippen LogP contribution in [0.25, 0.3) is 0 Å². The van der Waals surface area contributed by atoms with Crippen LogP contribution in [0.4, 0.5) is 5.69 Å². The first-order valence-corrected chi connectivity index (χ1v) is 15.2. The van der Waals surface area contributed by atoms with Crippen LogP contribution in [0.2, 0.25) is 0 Å². The van der Waals surface area contributed by atoms with E-state index in [1.165, 1.54) is 0 Å². The van der Waals surface area contributed by atoms with Gasteiger partial charge in [0.15, 0.2) is 5.96 Å². The smallest absolute Gasteiger partial charge is 0.243 e. The maximum absolute atomic E-state index is 12.2. The van der Waals surface area contributed by atoms with Crippen molar-refractivity contribution in [2.45, 2.75) is 64.8 Å². The largest absolute Gasteiger partial charge is 0.369 e. The van der Waals surface area contributed by atoms with E-state index >= 15 is 0 Å². The number of aliphatic imine (C=N–C) groups is 2. The Kier molecular flexibility index (Phi) is 21.1. The van der Waals surface area contributed by atoms with E-state index in [9.17, 15) is 9.59 Å². The van der Waals surface area contributed by atoms with Gasteiger partial charge in [-0.15, -0.1) is 0 Å². The lowest BCUT2D eigenvalue weighted by Gasteiger charge is -2.09. The number of nitrogens with two attached hydrogens (primary N) is 2. The molecule has 0 atom stereocenters. The Labute approximate surface area is 264 Å². The lowest BCUT2D eigenvalue weighted by atomic mass is 10.2. The minimum Gasteiger partial charge on any atom is -0.369 e. The van der Waals surface area contributed by atoms with Crippen LogP contribution in [-0.2, 0) is 16.1 Å². The summed E-state index contributed by atoms with van der Waals surface area (Å²) in [5.41, 5.74) is 13.0. The molecule has 238 valence electrons. The number of carbonyl (C=O) groups is 2. The monoisotopic (exact) mass is 601 g/mol. The summed E-state index contributed by atoms with van der Waals surface area (Å²) in [7, 11) is 3.52. The molecule has 0 aliphatic carbocycles. The number of guanidine groups is 2. The van der Waals surface area contributed by atoms with Crippen molar-refractivity contribution in [3.63, 3.8) is 0 Å². The molecule has 9 heteroatoms. The van der Waals surface area contributed by atoms with Gasteiger partial charge >= 0.3 is 0 Å². The maximum Gasteiger partial charge on any atom is 0.243 e. The third-order valence-corrected chi connectivity index (χ3v) is 5.93. The van der Waals surface area contributed by atoms with E-state index in [1.54, 1.807) is 31.1 Å². The Bertz CT molecular complexity index is 1200. The number of benzene rings is 1. The molecule has 0 fully saturated rings. The van der Waals surface area contributed by atoms with Crippen LogP contribution in [0.1, 0.15) is 63.9 Å². The Morgan fingerprint density at radius 2 is 1.25 bits per heavy atom. The van der Waals surface area contributed by atoms with Gasteiger partial charge in [-0.1, -0.05) is 92.0 Å². The Morgan fingerprint density at radius 1 is 0.750 bits per heavy atom. The summed E-state index contributed by atoms with van der Waals surface area (Å²) in [6.45, 7) is 2.39. The summed E-state index contributed by atoms with van der Waals surface area (Å²) in [6.07, 6.45) is 32.5. The topological polar surface area (TPSA) is 138 Å². The highest BCUT2D eigenvalue weighted by atomic mass is 16.2. The first-order chi connectivity index (χ1) is 21.3. The lowest BCUT2D eigenvalue weighted by molar-refractivity contribution is -0.124. The van der Waals surface area contributed by atoms with Gasteiger partial charge in [-0.3, -0.25) is 9.59 Å². The van der Waals surface area contributed by atoms with E-state index in [0.717, 1.165) is 44.1 Å². The molecule has 0 saturated carbocycles. The first-order valence-electron chi connectivity index (χ1n) is 15.2. The fraction of sp³-hybridized carbons (Fsp3) is 0.371. The second-order valence-electron chi connectivity index (χ2n) is 10.0. The molecule has 0 heterocycles. The molecule has 2 amide bonds. The van der Waals surface area contributed by atoms with Gasteiger partial charge in [0, 0.05) is 26.2 Å². The zero-order valence-electron chi connectivity index (χ0n) is 26.6. The van der Waals surface area contributed by atoms with Crippen LogP contribution in [-0.4, -0.2) is 49.3 Å². The Morgan fingerprint density at radius 3 is 1.75 bits per heavy atom. The summed E-state index contributed by atoms with van der Waals surface area (Å²) in [5, 5.41) is 5.42. The molecule has 0 aromatic heterocycles. The number of carbonyl (C=O) groups excluding carboxylic acids is 2. The van der Waals surface area contributed by atoms with Crippen molar-refractivity contribution in [1.82, 2.24) is 10.2 Å². The molecule has 1 aromatic rings. The van der Waals surface area contributed by atoms with E-state index in [1.807, 2.05) is 24.3 Å². The number of anilines is 1. The van der Waals surface area contributed by atoms with E-state index < -0.39 is 0 Å². The van der Waals surface area contributed by atoms with Crippen molar-refractivity contribution < 1.29 is 9.59 Å². The van der Waals surface area contributed by atoms with Crippen molar-refractivity contribution in [1.29, 1.82) is 0 Å². The van der Waals surface area contributed by atoms with E-state index in [4.69, 9.17) is 11.5 Å². The third kappa shape index (κ3) is 21.1. The Balaban J connectivity index is 2.15. The average molecular weight is 602 g/mol. The van der Waals surface area contributed by atoms with Crippen molar-refractivity contribution in [3.05, 3.63) is 103 Å². The van der Waals surface area contributed by atoms with Crippen molar-refractivity contribution in [2.75, 3.05) is 26.0 Å². The average Bonchev–Trinajstić information content (AvgIpc) is 3.00. The number of hydrogen-bond donors (Lipinski definition) is 4. The molecule has 1 aromatic carbocycles. The van der Waals surface area contributed by atoms with Gasteiger partial charge in [0.05, 0.1) is 13.1 Å². The maximum atomic E-state index is 12.2. The summed E-state index contributed by atoms with van der Waals surface area (Å²) in [6, 6.07) is 7.19. The van der Waals surface area contributed by atoms with Crippen molar-refractivity contribution >= 4 is 29.4 Å². The molecule has 0 radical (unpaired) electrons. The molecule has 0 aliphatic rings. The quantitative estimate of drug-likeness (QED) is 0.0887. The normalized spacial score (nSPS) is 13.0. The third-order valence-electron chi connectivity index (χ3n) is 5.93. The van der Waals surface area contributed by atoms with Gasteiger partial charge in [0.2, 0.25) is 17.8 Å². The molecular weight excluding hydrogens is 550 g/mol. The van der Waals surface area contributed by atoms with Gasteiger partial charge in [-0.2, -0.15) is 4.99 Å². The number of hydrogen-bond acceptors (Lipinski definition) is 3. The summed E-state index contributed by atoms with van der Waals surface area (Å²) in [4.78, 5) is 34.1. The predicted molar refractivity (Wildman–Crippen MR) is 186 cm³/mol. The second kappa shape index (κ2) is 24.9. The molecular formula is C35H51N7O2. The number of nitrogens with one attached hydrogen (secondary N) is 2. The molecule has 0 spiro atoms. The van der Waals surface area contributed by atoms with E-state index in [2.05, 4.69) is 88.3 Å². The lowest BCUT2D eigenvalue weighted by Crippen LogP contribution is -2.32. The molecule has 0 unspecified atom stereocenters. The van der Waals surface area contributed by atoms with E-state index in [0.29, 0.717) is 25.1 Å². The zero-order valence-corrected chi connectivity index (χ0v) is 26.6. The molecule has 0 saturated heterocycles. The van der Waals surface area contributed by atoms with Crippen LogP contribution >= 0.6 is 0 Å². The SMILES string of the molecule is CCC=CCC=CCC=CCC=CCC=CCC=CCCC(=O)NCC(=O)Nc1ccc(CN=C(N)N=C(N)N(C)C)cc1. The van der Waals surface area contributed by atoms with Crippen LogP contribution in [0, 0.1) is 0 Å². The van der Waals surface area contributed by atoms with Gasteiger partial charge in [0.1, 0.15) is 0 Å². The molecule has 44 heavy (non-hydrogen) atoms. The van der Waals surface area contributed by atoms with Crippen LogP contribution in [0.15, 0.2) is 107 Å². The standard InChI is InChI=1S/C35H51N7O2/c1-4-5-6-7-8-9-10-11-12-13-14-15-16-17-18-19-20-21-22-23-32(43)38-29-33(44)40-31-26-24-30(25-27-31)28-39-34(36)41-35(37)42(2)3/h5-6,8-9,11-12,14-15,17-18,20-21,24-27H,4,7,10,13,16,19,22-23,28-29H2,1-3H3,(H,38,43)(H,40,44)(H4,36,37,39,41). The fourth-order valence-corrected chi connectivity index (χ4v) is 3.44. The van der Waals surface area contributed by atoms with Crippen molar-refractivity contribution in [3.8, 4) is 0 Å². The summed E-state index contributed by atoms with van der Waals surface area (Å²) >= 11 is 0. The zero-order chi connectivity index (χ0) is 32.3. The summed E-state index contributed by atoms with van der Waals surface area (Å²) < 4.78 is 0. The molecule has 1 rings (SSSR count). The van der Waals surface area contributed by atoms with Gasteiger partial charge in [-0.25, -0.2) is 4.99 Å². The molecule has 0 bridgehead atoms. The first kappa shape index (κ1) is 37.4. The minimum atomic E-state index is -0.296. The Hall–Kier alpha value is -4.66. The van der Waals surface area contributed by atoms with Crippen LogP contribution in [0.5, 0.6) is 0 Å². The molecule has 9 nitrogen and oxygen atoms in total. The number of nitrogens with zero attached hydrogens (tertiary/aromatic N) is 3. The van der Waals surface area contributed by atoms with E-state index in [-0.39, 0.29) is 30.3 Å². The molecule has 0 aliphatic heterocycles. The summed E-state index contributed by atoms with van der Waals surface area (Å²) in [5.74, 6) is -0.103. The van der Waals surface area contributed by atoms with Crippen LogP contribution < -0.4 is 22.1 Å².